The Morgan fingerprint density at radius 2 is 1.93 bits per heavy atom. The Morgan fingerprint density at radius 1 is 1.36 bits per heavy atom. The van der Waals surface area contributed by atoms with Gasteiger partial charge in [-0.15, -0.1) is 0 Å². The molecule has 0 radical (unpaired) electrons. The molecule has 0 saturated heterocycles. The summed E-state index contributed by atoms with van der Waals surface area (Å²) in [6.07, 6.45) is 2.73. The predicted molar refractivity (Wildman–Crippen MR) is 55.8 cm³/mol. The zero-order valence-electron chi connectivity index (χ0n) is 8.24. The van der Waals surface area contributed by atoms with Gasteiger partial charge in [0.15, 0.2) is 0 Å². The van der Waals surface area contributed by atoms with Crippen LogP contribution in [-0.4, -0.2) is 11.0 Å². The van der Waals surface area contributed by atoms with Crippen LogP contribution in [0.3, 0.4) is 0 Å². The summed E-state index contributed by atoms with van der Waals surface area (Å²) in [6, 6.07) is 3.47. The van der Waals surface area contributed by atoms with Crippen LogP contribution < -0.4 is 5.73 Å². The molecule has 0 aliphatic carbocycles. The van der Waals surface area contributed by atoms with E-state index in [2.05, 4.69) is 0 Å². The minimum absolute atomic E-state index is 0.158. The van der Waals surface area contributed by atoms with Crippen LogP contribution >= 0.6 is 0 Å². The highest BCUT2D eigenvalue weighted by molar-refractivity contribution is 5.90. The van der Waals surface area contributed by atoms with E-state index >= 15 is 0 Å². The molecular weight excluding hydrogens is 178 g/mol. The van der Waals surface area contributed by atoms with Crippen molar-refractivity contribution in [2.45, 2.75) is 13.8 Å². The van der Waals surface area contributed by atoms with Gasteiger partial charge in [-0.05, 0) is 43.2 Å². The molecule has 1 amide bonds. The molecule has 0 heterocycles. The maximum absolute atomic E-state index is 10.5. The van der Waals surface area contributed by atoms with Gasteiger partial charge in [0.1, 0.15) is 5.75 Å². The van der Waals surface area contributed by atoms with Gasteiger partial charge in [-0.25, -0.2) is 0 Å². The van der Waals surface area contributed by atoms with Gasteiger partial charge in [-0.3, -0.25) is 4.79 Å². The molecule has 0 aliphatic rings. The van der Waals surface area contributed by atoms with Gasteiger partial charge in [-0.1, -0.05) is 0 Å². The van der Waals surface area contributed by atoms with E-state index in [0.717, 1.165) is 11.1 Å². The first kappa shape index (κ1) is 10.3. The second-order valence-corrected chi connectivity index (χ2v) is 3.23. The zero-order valence-corrected chi connectivity index (χ0v) is 8.24. The fourth-order valence-electron chi connectivity index (χ4n) is 1.13. The molecule has 3 nitrogen and oxygen atoms in total. The van der Waals surface area contributed by atoms with Crippen LogP contribution in [0.2, 0.25) is 0 Å². The number of hydrogen-bond acceptors (Lipinski definition) is 2. The number of phenols is 1. The van der Waals surface area contributed by atoms with Crippen LogP contribution in [0.25, 0.3) is 6.08 Å². The number of benzene rings is 1. The summed E-state index contributed by atoms with van der Waals surface area (Å²) in [6.45, 7) is 3.85. The molecule has 3 heteroatoms. The SMILES string of the molecule is Cc1cc(O)c(/C=C/C(N)=O)cc1C. The lowest BCUT2D eigenvalue weighted by atomic mass is 10.0. The van der Waals surface area contributed by atoms with E-state index in [9.17, 15) is 9.90 Å². The number of aryl methyl sites for hydroxylation is 2. The van der Waals surface area contributed by atoms with Crippen molar-refractivity contribution >= 4 is 12.0 Å². The van der Waals surface area contributed by atoms with E-state index in [4.69, 9.17) is 5.73 Å². The van der Waals surface area contributed by atoms with Gasteiger partial charge in [0.25, 0.3) is 0 Å². The number of nitrogens with two attached hydrogens (primary N) is 1. The molecule has 0 atom stereocenters. The van der Waals surface area contributed by atoms with Crippen LogP contribution in [-0.2, 0) is 4.79 Å². The van der Waals surface area contributed by atoms with Crippen molar-refractivity contribution in [1.82, 2.24) is 0 Å². The van der Waals surface area contributed by atoms with Gasteiger partial charge in [0.05, 0.1) is 0 Å². The van der Waals surface area contributed by atoms with Gasteiger partial charge in [0.2, 0.25) is 5.91 Å². The number of hydrogen-bond donors (Lipinski definition) is 2. The molecule has 0 saturated carbocycles. The second kappa shape index (κ2) is 3.96. The number of phenolic OH excluding ortho intramolecular Hbond substituents is 1. The molecule has 1 aromatic carbocycles. The average Bonchev–Trinajstić information content (AvgIpc) is 2.09. The van der Waals surface area contributed by atoms with Crippen LogP contribution in [0, 0.1) is 13.8 Å². The smallest absolute Gasteiger partial charge is 0.241 e. The first-order valence-electron chi connectivity index (χ1n) is 4.28. The fourth-order valence-corrected chi connectivity index (χ4v) is 1.13. The summed E-state index contributed by atoms with van der Waals surface area (Å²) in [5.41, 5.74) is 7.63. The molecule has 3 N–H and O–H groups in total. The van der Waals surface area contributed by atoms with Gasteiger partial charge in [0, 0.05) is 11.6 Å². The number of primary amides is 1. The van der Waals surface area contributed by atoms with Crippen molar-refractivity contribution < 1.29 is 9.90 Å². The molecule has 0 aliphatic heterocycles. The molecule has 0 fully saturated rings. The molecule has 1 rings (SSSR count). The fraction of sp³-hybridized carbons (Fsp3) is 0.182. The monoisotopic (exact) mass is 191 g/mol. The van der Waals surface area contributed by atoms with Crippen LogP contribution in [0.1, 0.15) is 16.7 Å². The van der Waals surface area contributed by atoms with Crippen molar-refractivity contribution in [3.63, 3.8) is 0 Å². The topological polar surface area (TPSA) is 63.3 Å². The maximum Gasteiger partial charge on any atom is 0.241 e. The first-order valence-corrected chi connectivity index (χ1v) is 4.28. The normalized spacial score (nSPS) is 10.7. The molecular formula is C11H13NO2. The summed E-state index contributed by atoms with van der Waals surface area (Å²) < 4.78 is 0. The third-order valence-corrected chi connectivity index (χ3v) is 2.07. The largest absolute Gasteiger partial charge is 0.507 e. The Morgan fingerprint density at radius 3 is 2.50 bits per heavy atom. The summed E-state index contributed by atoms with van der Waals surface area (Å²) >= 11 is 0. The van der Waals surface area contributed by atoms with Crippen LogP contribution in [0.5, 0.6) is 5.75 Å². The molecule has 0 aromatic heterocycles. The van der Waals surface area contributed by atoms with E-state index in [0.29, 0.717) is 5.56 Å². The minimum atomic E-state index is -0.525. The van der Waals surface area contributed by atoms with Gasteiger partial charge >= 0.3 is 0 Å². The van der Waals surface area contributed by atoms with Crippen LogP contribution in [0.15, 0.2) is 18.2 Å². The average molecular weight is 191 g/mol. The third kappa shape index (κ3) is 2.36. The highest BCUT2D eigenvalue weighted by Gasteiger charge is 2.00. The number of aromatic hydroxyl groups is 1. The van der Waals surface area contributed by atoms with E-state index in [1.165, 1.54) is 12.2 Å². The maximum atomic E-state index is 10.5. The standard InChI is InChI=1S/C11H13NO2/c1-7-5-9(3-4-11(12)14)10(13)6-8(7)2/h3-6,13H,1-2H3,(H2,12,14)/b4-3+. The van der Waals surface area contributed by atoms with Crippen molar-refractivity contribution in [3.05, 3.63) is 34.9 Å². The van der Waals surface area contributed by atoms with Crippen molar-refractivity contribution in [2.75, 3.05) is 0 Å². The summed E-state index contributed by atoms with van der Waals surface area (Å²) in [5, 5.41) is 9.53. The number of carbonyl (C=O) groups excluding carboxylic acids is 1. The van der Waals surface area contributed by atoms with Crippen LogP contribution in [0.4, 0.5) is 0 Å². The number of rotatable bonds is 2. The second-order valence-electron chi connectivity index (χ2n) is 3.23. The molecule has 1 aromatic rings. The summed E-state index contributed by atoms with van der Waals surface area (Å²) in [7, 11) is 0. The van der Waals surface area contributed by atoms with Crippen molar-refractivity contribution in [1.29, 1.82) is 0 Å². The Balaban J connectivity index is 3.10. The van der Waals surface area contributed by atoms with Gasteiger partial charge < -0.3 is 10.8 Å². The number of carbonyl (C=O) groups is 1. The van der Waals surface area contributed by atoms with Crippen molar-refractivity contribution in [3.8, 4) is 5.75 Å². The lowest BCUT2D eigenvalue weighted by molar-refractivity contribution is -0.113. The number of amides is 1. The quantitative estimate of drug-likeness (QED) is 0.696. The predicted octanol–water partition coefficient (Wildman–Crippen LogP) is 1.51. The minimum Gasteiger partial charge on any atom is -0.507 e. The highest BCUT2D eigenvalue weighted by atomic mass is 16.3. The lowest BCUT2D eigenvalue weighted by Crippen LogP contribution is -2.05. The Hall–Kier alpha value is -1.77. The molecule has 0 spiro atoms. The molecule has 0 unspecified atom stereocenters. The van der Waals surface area contributed by atoms with E-state index in [-0.39, 0.29) is 5.75 Å². The lowest BCUT2D eigenvalue weighted by Gasteiger charge is -2.04. The zero-order chi connectivity index (χ0) is 10.7. The molecule has 74 valence electrons. The summed E-state index contributed by atoms with van der Waals surface area (Å²) in [4.78, 5) is 10.5. The first-order chi connectivity index (χ1) is 6.50. The summed E-state index contributed by atoms with van der Waals surface area (Å²) in [5.74, 6) is -0.367. The van der Waals surface area contributed by atoms with E-state index in [1.807, 2.05) is 19.9 Å². The Labute approximate surface area is 82.9 Å². The van der Waals surface area contributed by atoms with E-state index < -0.39 is 5.91 Å². The van der Waals surface area contributed by atoms with E-state index in [1.54, 1.807) is 6.07 Å². The Kier molecular flexibility index (Phi) is 2.92. The highest BCUT2D eigenvalue weighted by Crippen LogP contribution is 2.22. The molecule has 14 heavy (non-hydrogen) atoms. The third-order valence-electron chi connectivity index (χ3n) is 2.07. The molecule has 0 bridgehead atoms. The Bertz CT molecular complexity index is 395. The van der Waals surface area contributed by atoms with Crippen molar-refractivity contribution in [2.24, 2.45) is 5.73 Å². The van der Waals surface area contributed by atoms with Gasteiger partial charge in [-0.2, -0.15) is 0 Å².